The van der Waals surface area contributed by atoms with Crippen LogP contribution in [0.1, 0.15) is 48.4 Å². The molecule has 3 nitrogen and oxygen atoms in total. The van der Waals surface area contributed by atoms with E-state index in [4.69, 9.17) is 4.74 Å². The topological polar surface area (TPSA) is 33.3 Å². The Balaban J connectivity index is 1.52. The summed E-state index contributed by atoms with van der Waals surface area (Å²) < 4.78 is 45.4. The van der Waals surface area contributed by atoms with Crippen LogP contribution in [0.25, 0.3) is 0 Å². The van der Waals surface area contributed by atoms with E-state index >= 15 is 0 Å². The lowest BCUT2D eigenvalue weighted by Gasteiger charge is -2.34. The Hall–Kier alpha value is -2.05. The predicted molar refractivity (Wildman–Crippen MR) is 102 cm³/mol. The maximum absolute atomic E-state index is 13.2. The van der Waals surface area contributed by atoms with Gasteiger partial charge in [-0.3, -0.25) is 0 Å². The number of hydrogen-bond donors (Lipinski definition) is 2. The van der Waals surface area contributed by atoms with Gasteiger partial charge in [-0.15, -0.1) is 0 Å². The summed E-state index contributed by atoms with van der Waals surface area (Å²) in [6.45, 7) is 1.29. The Kier molecular flexibility index (Phi) is 5.60. The van der Waals surface area contributed by atoms with Gasteiger partial charge in [0, 0.05) is 24.2 Å². The number of hydrogen-bond acceptors (Lipinski definition) is 3. The molecule has 2 aromatic carbocycles. The van der Waals surface area contributed by atoms with Gasteiger partial charge in [-0.1, -0.05) is 30.3 Å². The van der Waals surface area contributed by atoms with E-state index in [1.807, 2.05) is 18.2 Å². The number of benzene rings is 2. The van der Waals surface area contributed by atoms with E-state index in [0.29, 0.717) is 17.9 Å². The van der Waals surface area contributed by atoms with Crippen LogP contribution in [0.15, 0.2) is 48.5 Å². The minimum atomic E-state index is -4.36. The molecule has 4 rings (SSSR count). The summed E-state index contributed by atoms with van der Waals surface area (Å²) in [5.41, 5.74) is 1.13. The molecule has 2 aliphatic rings. The largest absolute Gasteiger partial charge is 0.490 e. The molecule has 1 aliphatic heterocycles. The first-order valence-electron chi connectivity index (χ1n) is 9.89. The Morgan fingerprint density at radius 3 is 2.54 bits per heavy atom. The lowest BCUT2D eigenvalue weighted by Crippen LogP contribution is -2.45. The summed E-state index contributed by atoms with van der Waals surface area (Å²) in [4.78, 5) is 0. The molecule has 1 aliphatic carbocycles. The maximum atomic E-state index is 13.2. The van der Waals surface area contributed by atoms with Gasteiger partial charge in [-0.25, -0.2) is 0 Å². The SMILES string of the molecule is FC(F)(F)c1ccc(OC2CC2)c(CNC2CCCNC2c2ccccc2)c1. The zero-order valence-electron chi connectivity index (χ0n) is 15.6. The van der Waals surface area contributed by atoms with Crippen molar-refractivity contribution in [2.45, 2.75) is 56.6 Å². The zero-order chi connectivity index (χ0) is 19.6. The molecule has 2 aromatic rings. The lowest BCUT2D eigenvalue weighted by molar-refractivity contribution is -0.137. The molecule has 28 heavy (non-hydrogen) atoms. The number of nitrogens with one attached hydrogen (secondary N) is 2. The smallest absolute Gasteiger partial charge is 0.416 e. The van der Waals surface area contributed by atoms with E-state index in [0.717, 1.165) is 38.3 Å². The second kappa shape index (κ2) is 8.13. The van der Waals surface area contributed by atoms with Crippen LogP contribution in [0.3, 0.4) is 0 Å². The fourth-order valence-corrected chi connectivity index (χ4v) is 3.73. The van der Waals surface area contributed by atoms with Gasteiger partial charge in [-0.05, 0) is 56.0 Å². The van der Waals surface area contributed by atoms with Crippen molar-refractivity contribution < 1.29 is 17.9 Å². The highest BCUT2D eigenvalue weighted by Crippen LogP contribution is 2.35. The fourth-order valence-electron chi connectivity index (χ4n) is 3.73. The molecule has 2 N–H and O–H groups in total. The van der Waals surface area contributed by atoms with Gasteiger partial charge >= 0.3 is 6.18 Å². The second-order valence-corrected chi connectivity index (χ2v) is 7.61. The van der Waals surface area contributed by atoms with Gasteiger partial charge in [0.2, 0.25) is 0 Å². The van der Waals surface area contributed by atoms with Crippen molar-refractivity contribution in [3.05, 3.63) is 65.2 Å². The second-order valence-electron chi connectivity index (χ2n) is 7.61. The van der Waals surface area contributed by atoms with Crippen molar-refractivity contribution in [3.8, 4) is 5.75 Å². The van der Waals surface area contributed by atoms with Crippen LogP contribution in [-0.2, 0) is 12.7 Å². The molecule has 2 atom stereocenters. The van der Waals surface area contributed by atoms with E-state index in [1.165, 1.54) is 17.7 Å². The third kappa shape index (κ3) is 4.67. The number of ether oxygens (including phenoxy) is 1. The number of halogens is 3. The Morgan fingerprint density at radius 2 is 1.82 bits per heavy atom. The average molecular weight is 390 g/mol. The third-order valence-electron chi connectivity index (χ3n) is 5.38. The minimum Gasteiger partial charge on any atom is -0.490 e. The molecule has 0 spiro atoms. The molecule has 0 aromatic heterocycles. The highest BCUT2D eigenvalue weighted by atomic mass is 19.4. The van der Waals surface area contributed by atoms with Gasteiger partial charge in [0.05, 0.1) is 11.7 Å². The first kappa shape index (κ1) is 19.3. The Labute approximate surface area is 163 Å². The summed E-state index contributed by atoms with van der Waals surface area (Å²) in [6.07, 6.45) is -0.262. The van der Waals surface area contributed by atoms with Crippen molar-refractivity contribution >= 4 is 0 Å². The summed E-state index contributed by atoms with van der Waals surface area (Å²) in [5, 5.41) is 7.03. The lowest BCUT2D eigenvalue weighted by atomic mass is 9.92. The summed E-state index contributed by atoms with van der Waals surface area (Å²) in [6, 6.07) is 14.3. The third-order valence-corrected chi connectivity index (χ3v) is 5.38. The van der Waals surface area contributed by atoms with Crippen molar-refractivity contribution in [3.63, 3.8) is 0 Å². The van der Waals surface area contributed by atoms with Gasteiger partial charge in [-0.2, -0.15) is 13.2 Å². The molecule has 2 fully saturated rings. The highest BCUT2D eigenvalue weighted by Gasteiger charge is 2.32. The number of rotatable bonds is 6. The van der Waals surface area contributed by atoms with Crippen molar-refractivity contribution in [2.24, 2.45) is 0 Å². The van der Waals surface area contributed by atoms with E-state index in [1.54, 1.807) is 0 Å². The highest BCUT2D eigenvalue weighted by molar-refractivity contribution is 5.39. The Bertz CT molecular complexity index is 790. The summed E-state index contributed by atoms with van der Waals surface area (Å²) in [5.74, 6) is 0.558. The molecular formula is C22H25F3N2O. The van der Waals surface area contributed by atoms with Crippen LogP contribution in [-0.4, -0.2) is 18.7 Å². The van der Waals surface area contributed by atoms with Gasteiger partial charge in [0.25, 0.3) is 0 Å². The van der Waals surface area contributed by atoms with Crippen LogP contribution < -0.4 is 15.4 Å². The zero-order valence-corrected chi connectivity index (χ0v) is 15.6. The predicted octanol–water partition coefficient (Wildman–Crippen LogP) is 4.83. The normalized spacial score (nSPS) is 22.8. The molecule has 0 bridgehead atoms. The molecule has 1 saturated carbocycles. The van der Waals surface area contributed by atoms with Gasteiger partial charge in [0.1, 0.15) is 5.75 Å². The first-order valence-corrected chi connectivity index (χ1v) is 9.89. The maximum Gasteiger partial charge on any atom is 0.416 e. The van der Waals surface area contributed by atoms with E-state index < -0.39 is 11.7 Å². The monoisotopic (exact) mass is 390 g/mol. The van der Waals surface area contributed by atoms with Gasteiger partial charge in [0.15, 0.2) is 0 Å². The molecule has 1 saturated heterocycles. The molecule has 150 valence electrons. The molecular weight excluding hydrogens is 365 g/mol. The van der Waals surface area contributed by atoms with Gasteiger partial charge < -0.3 is 15.4 Å². The molecule has 0 radical (unpaired) electrons. The number of piperidine rings is 1. The van der Waals surface area contributed by atoms with E-state index in [9.17, 15) is 13.2 Å². The molecule has 2 unspecified atom stereocenters. The van der Waals surface area contributed by atoms with E-state index in [-0.39, 0.29) is 18.2 Å². The van der Waals surface area contributed by atoms with Crippen LogP contribution in [0, 0.1) is 0 Å². The van der Waals surface area contributed by atoms with Crippen LogP contribution in [0.5, 0.6) is 5.75 Å². The molecule has 6 heteroatoms. The quantitative estimate of drug-likeness (QED) is 0.741. The first-order chi connectivity index (χ1) is 13.5. The summed E-state index contributed by atoms with van der Waals surface area (Å²) >= 11 is 0. The molecule has 1 heterocycles. The van der Waals surface area contributed by atoms with Crippen LogP contribution >= 0.6 is 0 Å². The van der Waals surface area contributed by atoms with Crippen LogP contribution in [0.4, 0.5) is 13.2 Å². The minimum absolute atomic E-state index is 0.143. The number of alkyl halides is 3. The van der Waals surface area contributed by atoms with Crippen molar-refractivity contribution in [1.29, 1.82) is 0 Å². The standard InChI is InChI=1S/C22H25F3N2O/c23-22(24,25)17-8-11-20(28-18-9-10-18)16(13-17)14-27-19-7-4-12-26-21(19)15-5-2-1-3-6-15/h1-3,5-6,8,11,13,18-19,21,26-27H,4,7,9-10,12,14H2. The summed E-state index contributed by atoms with van der Waals surface area (Å²) in [7, 11) is 0. The van der Waals surface area contributed by atoms with E-state index in [2.05, 4.69) is 22.8 Å². The van der Waals surface area contributed by atoms with Crippen molar-refractivity contribution in [2.75, 3.05) is 6.54 Å². The fraction of sp³-hybridized carbons (Fsp3) is 0.455. The Morgan fingerprint density at radius 1 is 1.04 bits per heavy atom. The average Bonchev–Trinajstić information content (AvgIpc) is 3.51. The molecule has 0 amide bonds. The van der Waals surface area contributed by atoms with Crippen LogP contribution in [0.2, 0.25) is 0 Å². The van der Waals surface area contributed by atoms with Crippen molar-refractivity contribution in [1.82, 2.24) is 10.6 Å².